The smallest absolute Gasteiger partial charge is 0.272 e. The second-order valence-electron chi connectivity index (χ2n) is 6.91. The number of carbonyl (C=O) groups excluding carboxylic acids is 2. The third-order valence-electron chi connectivity index (χ3n) is 5.54. The number of likely N-dealkylation sites (tertiary alicyclic amines) is 1. The molecule has 1 aromatic heterocycles. The Balaban J connectivity index is 1.63. The van der Waals surface area contributed by atoms with E-state index in [0.717, 1.165) is 5.69 Å². The van der Waals surface area contributed by atoms with E-state index in [9.17, 15) is 9.59 Å². The van der Waals surface area contributed by atoms with Crippen molar-refractivity contribution in [2.45, 2.75) is 6.42 Å². The van der Waals surface area contributed by atoms with Gasteiger partial charge in [-0.1, -0.05) is 18.2 Å². The SMILES string of the molecule is CNC(=O)[C@]12CCOC[C@H]1CN(C(=O)c1ccnn1-c1ccccc1)C2. The van der Waals surface area contributed by atoms with Crippen molar-refractivity contribution >= 4 is 11.8 Å². The number of nitrogens with one attached hydrogen (secondary N) is 1. The van der Waals surface area contributed by atoms with Gasteiger partial charge in [-0.05, 0) is 24.6 Å². The van der Waals surface area contributed by atoms with E-state index >= 15 is 0 Å². The molecule has 2 amide bonds. The van der Waals surface area contributed by atoms with Crippen LogP contribution < -0.4 is 5.32 Å². The normalized spacial score (nSPS) is 25.0. The molecule has 3 heterocycles. The van der Waals surface area contributed by atoms with Crippen molar-refractivity contribution in [1.29, 1.82) is 0 Å². The monoisotopic (exact) mass is 354 g/mol. The van der Waals surface area contributed by atoms with Gasteiger partial charge in [0.15, 0.2) is 0 Å². The van der Waals surface area contributed by atoms with E-state index < -0.39 is 5.41 Å². The van der Waals surface area contributed by atoms with Crippen LogP contribution in [0.3, 0.4) is 0 Å². The maximum absolute atomic E-state index is 13.2. The van der Waals surface area contributed by atoms with Crippen molar-refractivity contribution in [1.82, 2.24) is 20.0 Å². The van der Waals surface area contributed by atoms with Crippen LogP contribution in [0.25, 0.3) is 5.69 Å². The Morgan fingerprint density at radius 3 is 2.85 bits per heavy atom. The van der Waals surface area contributed by atoms with Gasteiger partial charge in [-0.3, -0.25) is 9.59 Å². The first-order valence-corrected chi connectivity index (χ1v) is 8.84. The summed E-state index contributed by atoms with van der Waals surface area (Å²) in [6.45, 7) is 1.99. The second-order valence-corrected chi connectivity index (χ2v) is 6.91. The Kier molecular flexibility index (Phi) is 4.24. The predicted octanol–water partition coefficient (Wildman–Crippen LogP) is 1.10. The Bertz CT molecular complexity index is 819. The summed E-state index contributed by atoms with van der Waals surface area (Å²) in [5.74, 6) is -0.0880. The van der Waals surface area contributed by atoms with E-state index in [1.807, 2.05) is 30.3 Å². The first-order valence-electron chi connectivity index (χ1n) is 8.84. The summed E-state index contributed by atoms with van der Waals surface area (Å²) < 4.78 is 7.23. The number of amides is 2. The number of ether oxygens (including phenoxy) is 1. The molecule has 0 radical (unpaired) electrons. The number of para-hydroxylation sites is 1. The summed E-state index contributed by atoms with van der Waals surface area (Å²) in [5.41, 5.74) is 0.782. The Morgan fingerprint density at radius 2 is 2.08 bits per heavy atom. The van der Waals surface area contributed by atoms with E-state index in [1.54, 1.807) is 28.9 Å². The largest absolute Gasteiger partial charge is 0.381 e. The van der Waals surface area contributed by atoms with Crippen molar-refractivity contribution in [3.63, 3.8) is 0 Å². The maximum atomic E-state index is 13.2. The van der Waals surface area contributed by atoms with Crippen LogP contribution in [0.5, 0.6) is 0 Å². The fraction of sp³-hybridized carbons (Fsp3) is 0.421. The van der Waals surface area contributed by atoms with Crippen LogP contribution in [0.15, 0.2) is 42.6 Å². The van der Waals surface area contributed by atoms with Crippen LogP contribution in [0, 0.1) is 11.3 Å². The highest BCUT2D eigenvalue weighted by atomic mass is 16.5. The molecule has 1 N–H and O–H groups in total. The molecule has 2 saturated heterocycles. The molecule has 0 spiro atoms. The zero-order valence-electron chi connectivity index (χ0n) is 14.7. The maximum Gasteiger partial charge on any atom is 0.272 e. The average molecular weight is 354 g/mol. The molecule has 4 rings (SSSR count). The number of fused-ring (bicyclic) bond motifs is 1. The molecule has 2 aromatic rings. The van der Waals surface area contributed by atoms with Crippen molar-refractivity contribution in [3.05, 3.63) is 48.3 Å². The molecule has 2 fully saturated rings. The molecule has 7 nitrogen and oxygen atoms in total. The van der Waals surface area contributed by atoms with Crippen molar-refractivity contribution in [2.24, 2.45) is 11.3 Å². The van der Waals surface area contributed by atoms with E-state index in [0.29, 0.717) is 38.4 Å². The number of hydrogen-bond acceptors (Lipinski definition) is 4. The van der Waals surface area contributed by atoms with Crippen molar-refractivity contribution in [3.8, 4) is 5.69 Å². The molecule has 2 aliphatic heterocycles. The summed E-state index contributed by atoms with van der Waals surface area (Å²) in [5, 5.41) is 7.08. The lowest BCUT2D eigenvalue weighted by molar-refractivity contribution is -0.138. The number of aromatic nitrogens is 2. The van der Waals surface area contributed by atoms with Gasteiger partial charge in [-0.25, -0.2) is 4.68 Å². The van der Waals surface area contributed by atoms with Gasteiger partial charge in [0.2, 0.25) is 5.91 Å². The van der Waals surface area contributed by atoms with Gasteiger partial charge >= 0.3 is 0 Å². The molecular formula is C19H22N4O3. The minimum absolute atomic E-state index is 0.00216. The fourth-order valence-corrected chi connectivity index (χ4v) is 4.13. The van der Waals surface area contributed by atoms with E-state index in [-0.39, 0.29) is 17.7 Å². The third-order valence-corrected chi connectivity index (χ3v) is 5.54. The Morgan fingerprint density at radius 1 is 1.27 bits per heavy atom. The van der Waals surface area contributed by atoms with Gasteiger partial charge in [0.25, 0.3) is 5.91 Å². The molecule has 2 aliphatic rings. The molecule has 2 atom stereocenters. The lowest BCUT2D eigenvalue weighted by atomic mass is 9.73. The lowest BCUT2D eigenvalue weighted by Gasteiger charge is -2.36. The number of carbonyl (C=O) groups is 2. The molecule has 0 aliphatic carbocycles. The quantitative estimate of drug-likeness (QED) is 0.895. The Hall–Kier alpha value is -2.67. The number of nitrogens with zero attached hydrogens (tertiary/aromatic N) is 3. The van der Waals surface area contributed by atoms with Gasteiger partial charge in [-0.15, -0.1) is 0 Å². The lowest BCUT2D eigenvalue weighted by Crippen LogP contribution is -2.49. The number of rotatable bonds is 3. The standard InChI is InChI=1S/C19H22N4O3/c1-20-18(25)19-8-10-26-12-14(19)11-22(13-19)17(24)16-7-9-21-23(16)15-5-3-2-4-6-15/h2-7,9,14H,8,10-13H2,1H3,(H,20,25)/t14-,19+/m1/s1. The molecule has 7 heteroatoms. The molecule has 26 heavy (non-hydrogen) atoms. The topological polar surface area (TPSA) is 76.5 Å². The molecule has 0 bridgehead atoms. The highest BCUT2D eigenvalue weighted by Crippen LogP contribution is 2.42. The highest BCUT2D eigenvalue weighted by Gasteiger charge is 2.54. The molecule has 0 unspecified atom stereocenters. The van der Waals surface area contributed by atoms with Gasteiger partial charge < -0.3 is 15.0 Å². The molecular weight excluding hydrogens is 332 g/mol. The number of benzene rings is 1. The molecule has 1 aromatic carbocycles. The van der Waals surface area contributed by atoms with E-state index in [1.165, 1.54) is 0 Å². The van der Waals surface area contributed by atoms with Crippen molar-refractivity contribution < 1.29 is 14.3 Å². The first kappa shape index (κ1) is 16.8. The zero-order chi connectivity index (χ0) is 18.1. The first-order chi connectivity index (χ1) is 12.7. The van der Waals surface area contributed by atoms with Crippen LogP contribution in [0.1, 0.15) is 16.9 Å². The van der Waals surface area contributed by atoms with Crippen LogP contribution in [-0.2, 0) is 9.53 Å². The van der Waals surface area contributed by atoms with Gasteiger partial charge in [0.1, 0.15) is 5.69 Å². The fourth-order valence-electron chi connectivity index (χ4n) is 4.13. The third kappa shape index (κ3) is 2.59. The minimum atomic E-state index is -0.555. The summed E-state index contributed by atoms with van der Waals surface area (Å²) in [4.78, 5) is 27.6. The van der Waals surface area contributed by atoms with Crippen LogP contribution >= 0.6 is 0 Å². The predicted molar refractivity (Wildman–Crippen MR) is 94.9 cm³/mol. The van der Waals surface area contributed by atoms with Gasteiger partial charge in [0.05, 0.1) is 23.9 Å². The van der Waals surface area contributed by atoms with Gasteiger partial charge in [-0.2, -0.15) is 5.10 Å². The zero-order valence-corrected chi connectivity index (χ0v) is 14.7. The van der Waals surface area contributed by atoms with Crippen molar-refractivity contribution in [2.75, 3.05) is 33.4 Å². The van der Waals surface area contributed by atoms with Crippen LogP contribution in [0.2, 0.25) is 0 Å². The van der Waals surface area contributed by atoms with E-state index in [2.05, 4.69) is 10.4 Å². The van der Waals surface area contributed by atoms with Gasteiger partial charge in [0, 0.05) is 32.7 Å². The summed E-state index contributed by atoms with van der Waals surface area (Å²) >= 11 is 0. The number of hydrogen-bond donors (Lipinski definition) is 1. The second kappa shape index (κ2) is 6.57. The Labute approximate surface area is 151 Å². The van der Waals surface area contributed by atoms with E-state index in [4.69, 9.17) is 4.74 Å². The van der Waals surface area contributed by atoms with Crippen LogP contribution in [-0.4, -0.2) is 59.8 Å². The summed E-state index contributed by atoms with van der Waals surface area (Å²) in [6, 6.07) is 11.3. The molecule has 0 saturated carbocycles. The minimum Gasteiger partial charge on any atom is -0.381 e. The highest BCUT2D eigenvalue weighted by molar-refractivity contribution is 5.94. The van der Waals surface area contributed by atoms with Crippen LogP contribution in [0.4, 0.5) is 0 Å². The molecule has 136 valence electrons. The summed E-state index contributed by atoms with van der Waals surface area (Å²) in [7, 11) is 1.65. The summed E-state index contributed by atoms with van der Waals surface area (Å²) in [6.07, 6.45) is 2.26. The average Bonchev–Trinajstić information content (AvgIpc) is 3.33.